The lowest BCUT2D eigenvalue weighted by Crippen LogP contribution is -2.41. The average Bonchev–Trinajstić information content (AvgIpc) is 3.48. The number of carbonyl (C=O) groups excluding carboxylic acids is 1. The van der Waals surface area contributed by atoms with Gasteiger partial charge in [-0.05, 0) is 69.1 Å². The van der Waals surface area contributed by atoms with Crippen LogP contribution >= 0.6 is 0 Å². The molecule has 2 aromatic carbocycles. The van der Waals surface area contributed by atoms with E-state index in [2.05, 4.69) is 22.3 Å². The van der Waals surface area contributed by atoms with E-state index in [1.807, 2.05) is 56.6 Å². The van der Waals surface area contributed by atoms with E-state index < -0.39 is 0 Å². The van der Waals surface area contributed by atoms with Gasteiger partial charge in [0.05, 0.1) is 6.61 Å². The number of likely N-dealkylation sites (N-methyl/N-ethyl adjacent to an activating group) is 1. The zero-order valence-electron chi connectivity index (χ0n) is 15.7. The molecule has 1 unspecified atom stereocenters. The predicted molar refractivity (Wildman–Crippen MR) is 105 cm³/mol. The first-order chi connectivity index (χ1) is 12.6. The maximum Gasteiger partial charge on any atom is 0.251 e. The van der Waals surface area contributed by atoms with Crippen LogP contribution in [0, 0.1) is 5.92 Å². The Morgan fingerprint density at radius 3 is 2.42 bits per heavy atom. The van der Waals surface area contributed by atoms with E-state index in [0.717, 1.165) is 24.7 Å². The number of ether oxygens (including phenoxy) is 1. The van der Waals surface area contributed by atoms with E-state index in [1.165, 1.54) is 18.4 Å². The molecule has 1 saturated carbocycles. The van der Waals surface area contributed by atoms with E-state index in [4.69, 9.17) is 4.74 Å². The van der Waals surface area contributed by atoms with Gasteiger partial charge < -0.3 is 15.0 Å². The van der Waals surface area contributed by atoms with Gasteiger partial charge >= 0.3 is 0 Å². The molecule has 1 aliphatic rings. The Bertz CT molecular complexity index is 694. The molecule has 3 rings (SSSR count). The molecule has 1 fully saturated rings. The van der Waals surface area contributed by atoms with Gasteiger partial charge in [-0.2, -0.15) is 0 Å². The van der Waals surface area contributed by atoms with Crippen LogP contribution in [0.3, 0.4) is 0 Å². The van der Waals surface area contributed by atoms with Crippen LogP contribution in [0.15, 0.2) is 54.6 Å². The standard InChI is InChI=1S/C22H28N2O2/c1-24(2)20(14-17-6-4-3-5-7-17)15-23-22(25)19-10-12-21(13-11-19)26-16-18-8-9-18/h3-7,10-13,18,20H,8-9,14-16H2,1-2H3,(H,23,25). The van der Waals surface area contributed by atoms with Crippen molar-refractivity contribution >= 4 is 5.91 Å². The van der Waals surface area contributed by atoms with Crippen molar-refractivity contribution in [2.24, 2.45) is 5.92 Å². The van der Waals surface area contributed by atoms with Crippen LogP contribution in [0.1, 0.15) is 28.8 Å². The minimum Gasteiger partial charge on any atom is -0.493 e. The van der Waals surface area contributed by atoms with Gasteiger partial charge in [-0.25, -0.2) is 0 Å². The Kier molecular flexibility index (Phi) is 6.29. The summed E-state index contributed by atoms with van der Waals surface area (Å²) >= 11 is 0. The maximum absolute atomic E-state index is 12.4. The van der Waals surface area contributed by atoms with Crippen molar-refractivity contribution in [3.8, 4) is 5.75 Å². The van der Waals surface area contributed by atoms with E-state index in [9.17, 15) is 4.79 Å². The van der Waals surface area contributed by atoms with Gasteiger partial charge in [0, 0.05) is 18.2 Å². The molecule has 0 spiro atoms. The minimum absolute atomic E-state index is 0.0429. The number of amides is 1. The molecule has 1 atom stereocenters. The Morgan fingerprint density at radius 2 is 1.81 bits per heavy atom. The third kappa shape index (κ3) is 5.60. The summed E-state index contributed by atoms with van der Waals surface area (Å²) in [6, 6.07) is 18.0. The highest BCUT2D eigenvalue weighted by atomic mass is 16.5. The molecule has 4 heteroatoms. The van der Waals surface area contributed by atoms with Gasteiger partial charge in [0.25, 0.3) is 5.91 Å². The summed E-state index contributed by atoms with van der Waals surface area (Å²) in [6.07, 6.45) is 3.45. The fourth-order valence-corrected chi connectivity index (χ4v) is 2.84. The van der Waals surface area contributed by atoms with E-state index >= 15 is 0 Å². The highest BCUT2D eigenvalue weighted by Crippen LogP contribution is 2.29. The van der Waals surface area contributed by atoms with Crippen molar-refractivity contribution in [1.82, 2.24) is 10.2 Å². The first-order valence-corrected chi connectivity index (χ1v) is 9.33. The van der Waals surface area contributed by atoms with Crippen LogP contribution in [0.4, 0.5) is 0 Å². The van der Waals surface area contributed by atoms with Gasteiger partial charge in [-0.15, -0.1) is 0 Å². The summed E-state index contributed by atoms with van der Waals surface area (Å²) in [5, 5.41) is 3.06. The number of rotatable bonds is 9. The second-order valence-corrected chi connectivity index (χ2v) is 7.30. The summed E-state index contributed by atoms with van der Waals surface area (Å²) < 4.78 is 5.72. The fourth-order valence-electron chi connectivity index (χ4n) is 2.84. The normalized spacial score (nSPS) is 14.9. The van der Waals surface area contributed by atoms with Crippen molar-refractivity contribution < 1.29 is 9.53 Å². The molecule has 138 valence electrons. The summed E-state index contributed by atoms with van der Waals surface area (Å²) in [5.41, 5.74) is 1.94. The smallest absolute Gasteiger partial charge is 0.251 e. The third-order valence-corrected chi connectivity index (χ3v) is 4.84. The maximum atomic E-state index is 12.4. The first kappa shape index (κ1) is 18.5. The van der Waals surface area contributed by atoms with Crippen molar-refractivity contribution in [3.63, 3.8) is 0 Å². The monoisotopic (exact) mass is 352 g/mol. The van der Waals surface area contributed by atoms with Crippen molar-refractivity contribution in [1.29, 1.82) is 0 Å². The van der Waals surface area contributed by atoms with Gasteiger partial charge in [0.15, 0.2) is 0 Å². The first-order valence-electron chi connectivity index (χ1n) is 9.33. The zero-order chi connectivity index (χ0) is 18.4. The predicted octanol–water partition coefficient (Wildman–Crippen LogP) is 3.38. The van der Waals surface area contributed by atoms with E-state index in [1.54, 1.807) is 0 Å². The van der Waals surface area contributed by atoms with Gasteiger partial charge in [-0.1, -0.05) is 30.3 Å². The second kappa shape index (κ2) is 8.86. The molecule has 0 radical (unpaired) electrons. The molecule has 1 amide bonds. The molecular weight excluding hydrogens is 324 g/mol. The Morgan fingerprint density at radius 1 is 1.12 bits per heavy atom. The van der Waals surface area contributed by atoms with Crippen LogP contribution in [-0.2, 0) is 6.42 Å². The molecule has 26 heavy (non-hydrogen) atoms. The number of nitrogens with zero attached hydrogens (tertiary/aromatic N) is 1. The summed E-state index contributed by atoms with van der Waals surface area (Å²) in [5.74, 6) is 1.52. The fraction of sp³-hybridized carbons (Fsp3) is 0.409. The molecule has 1 N–H and O–H groups in total. The molecule has 2 aromatic rings. The van der Waals surface area contributed by atoms with E-state index in [-0.39, 0.29) is 11.9 Å². The number of nitrogens with one attached hydrogen (secondary N) is 1. The lowest BCUT2D eigenvalue weighted by molar-refractivity contribution is 0.0941. The van der Waals surface area contributed by atoms with Crippen molar-refractivity contribution in [3.05, 3.63) is 65.7 Å². The highest BCUT2D eigenvalue weighted by molar-refractivity contribution is 5.94. The number of carbonyl (C=O) groups is 1. The van der Waals surface area contributed by atoms with Gasteiger partial charge in [0.1, 0.15) is 5.75 Å². The third-order valence-electron chi connectivity index (χ3n) is 4.84. The molecule has 0 bridgehead atoms. The van der Waals surface area contributed by atoms with Crippen LogP contribution in [0.5, 0.6) is 5.75 Å². The van der Waals surface area contributed by atoms with Crippen molar-refractivity contribution in [2.45, 2.75) is 25.3 Å². The molecular formula is C22H28N2O2. The lowest BCUT2D eigenvalue weighted by atomic mass is 10.0. The van der Waals surface area contributed by atoms with Gasteiger partial charge in [0.2, 0.25) is 0 Å². The Balaban J connectivity index is 1.50. The topological polar surface area (TPSA) is 41.6 Å². The molecule has 0 aromatic heterocycles. The molecule has 0 aliphatic heterocycles. The van der Waals surface area contributed by atoms with E-state index in [0.29, 0.717) is 12.1 Å². The SMILES string of the molecule is CN(C)C(CNC(=O)c1ccc(OCC2CC2)cc1)Cc1ccccc1. The summed E-state index contributed by atoms with van der Waals surface area (Å²) in [6.45, 7) is 1.40. The number of benzene rings is 2. The minimum atomic E-state index is -0.0429. The zero-order valence-corrected chi connectivity index (χ0v) is 15.7. The summed E-state index contributed by atoms with van der Waals surface area (Å²) in [7, 11) is 4.09. The highest BCUT2D eigenvalue weighted by Gasteiger charge is 2.22. The molecule has 0 saturated heterocycles. The molecule has 4 nitrogen and oxygen atoms in total. The quantitative estimate of drug-likeness (QED) is 0.752. The van der Waals surface area contributed by atoms with Crippen LogP contribution in [0.2, 0.25) is 0 Å². The average molecular weight is 352 g/mol. The molecule has 1 aliphatic carbocycles. The largest absolute Gasteiger partial charge is 0.493 e. The van der Waals surface area contributed by atoms with Crippen LogP contribution < -0.4 is 10.1 Å². The molecule has 0 heterocycles. The number of hydrogen-bond acceptors (Lipinski definition) is 3. The summed E-state index contributed by atoms with van der Waals surface area (Å²) in [4.78, 5) is 14.6. The van der Waals surface area contributed by atoms with Crippen LogP contribution in [0.25, 0.3) is 0 Å². The Labute approximate surface area is 156 Å². The van der Waals surface area contributed by atoms with Gasteiger partial charge in [-0.3, -0.25) is 4.79 Å². The lowest BCUT2D eigenvalue weighted by Gasteiger charge is -2.24. The Hall–Kier alpha value is -2.33. The number of hydrogen-bond donors (Lipinski definition) is 1. The van der Waals surface area contributed by atoms with Crippen LogP contribution in [-0.4, -0.2) is 44.1 Å². The second-order valence-electron chi connectivity index (χ2n) is 7.30. The van der Waals surface area contributed by atoms with Crippen molar-refractivity contribution in [2.75, 3.05) is 27.2 Å².